The number of ether oxygens (including phenoxy) is 2. The topological polar surface area (TPSA) is 79.8 Å². The molecule has 1 fully saturated rings. The first-order chi connectivity index (χ1) is 9.81. The summed E-state index contributed by atoms with van der Waals surface area (Å²) in [5, 5.41) is 16.0. The zero-order valence-electron chi connectivity index (χ0n) is 13.6. The number of aliphatic hydroxyl groups is 1. The summed E-state index contributed by atoms with van der Waals surface area (Å²) >= 11 is 0. The fourth-order valence-corrected chi connectivity index (χ4v) is 2.46. The van der Waals surface area contributed by atoms with Gasteiger partial charge in [-0.3, -0.25) is 0 Å². The Morgan fingerprint density at radius 1 is 1.38 bits per heavy atom. The molecule has 2 atom stereocenters. The van der Waals surface area contributed by atoms with Crippen LogP contribution in [0.4, 0.5) is 4.79 Å². The molecule has 3 N–H and O–H groups in total. The molecule has 0 radical (unpaired) electrons. The molecule has 0 aromatic carbocycles. The molecular weight excluding hydrogens is 272 g/mol. The van der Waals surface area contributed by atoms with Gasteiger partial charge in [0.2, 0.25) is 0 Å². The molecule has 6 nitrogen and oxygen atoms in total. The number of nitrogens with one attached hydrogen (secondary N) is 2. The summed E-state index contributed by atoms with van der Waals surface area (Å²) in [6, 6.07) is -0.310. The number of likely N-dealkylation sites (N-methyl/N-ethyl adjacent to an activating group) is 1. The summed E-state index contributed by atoms with van der Waals surface area (Å²) in [4.78, 5) is 11.9. The van der Waals surface area contributed by atoms with Crippen molar-refractivity contribution >= 4 is 6.09 Å². The monoisotopic (exact) mass is 302 g/mol. The number of rotatable bonds is 6. The van der Waals surface area contributed by atoms with E-state index < -0.39 is 17.8 Å². The highest BCUT2D eigenvalue weighted by Crippen LogP contribution is 2.21. The maximum absolute atomic E-state index is 11.9. The molecule has 1 aliphatic heterocycles. The van der Waals surface area contributed by atoms with E-state index in [4.69, 9.17) is 9.47 Å². The van der Waals surface area contributed by atoms with Crippen LogP contribution in [-0.4, -0.2) is 55.8 Å². The minimum Gasteiger partial charge on any atom is -0.444 e. The van der Waals surface area contributed by atoms with Gasteiger partial charge in [-0.2, -0.15) is 0 Å². The summed E-state index contributed by atoms with van der Waals surface area (Å²) in [5.74, 6) is 0.463. The highest BCUT2D eigenvalue weighted by molar-refractivity contribution is 5.68. The molecule has 1 amide bonds. The van der Waals surface area contributed by atoms with Gasteiger partial charge in [0.25, 0.3) is 0 Å². The summed E-state index contributed by atoms with van der Waals surface area (Å²) in [5.41, 5.74) is -0.540. The van der Waals surface area contributed by atoms with Gasteiger partial charge in [0, 0.05) is 19.8 Å². The fourth-order valence-electron chi connectivity index (χ4n) is 2.46. The molecule has 1 heterocycles. The third kappa shape index (κ3) is 7.64. The first-order valence-corrected chi connectivity index (χ1v) is 7.71. The number of amides is 1. The molecule has 0 aromatic rings. The molecular formula is C15H30N2O4. The number of hydrogen-bond acceptors (Lipinski definition) is 5. The van der Waals surface area contributed by atoms with Crippen LogP contribution in [0, 0.1) is 5.92 Å². The van der Waals surface area contributed by atoms with Gasteiger partial charge in [-0.25, -0.2) is 4.79 Å². The third-order valence-corrected chi connectivity index (χ3v) is 3.51. The minimum atomic E-state index is -0.634. The minimum absolute atomic E-state index is 0.310. The van der Waals surface area contributed by atoms with E-state index in [1.807, 2.05) is 20.8 Å². The van der Waals surface area contributed by atoms with E-state index in [9.17, 15) is 9.90 Å². The van der Waals surface area contributed by atoms with Gasteiger partial charge >= 0.3 is 6.09 Å². The predicted molar refractivity (Wildman–Crippen MR) is 81.3 cm³/mol. The molecule has 21 heavy (non-hydrogen) atoms. The van der Waals surface area contributed by atoms with E-state index in [2.05, 4.69) is 10.6 Å². The van der Waals surface area contributed by atoms with Crippen molar-refractivity contribution < 1.29 is 19.4 Å². The first-order valence-electron chi connectivity index (χ1n) is 7.71. The van der Waals surface area contributed by atoms with Crippen LogP contribution in [0.15, 0.2) is 0 Å². The van der Waals surface area contributed by atoms with E-state index in [1.54, 1.807) is 7.05 Å². The van der Waals surface area contributed by atoms with E-state index in [1.165, 1.54) is 0 Å². The average molecular weight is 302 g/mol. The Hall–Kier alpha value is -0.850. The predicted octanol–water partition coefficient (Wildman–Crippen LogP) is 1.28. The highest BCUT2D eigenvalue weighted by atomic mass is 16.6. The van der Waals surface area contributed by atoms with Crippen LogP contribution in [0.2, 0.25) is 0 Å². The molecule has 1 aliphatic rings. The van der Waals surface area contributed by atoms with Crippen molar-refractivity contribution in [2.45, 2.75) is 57.8 Å². The Morgan fingerprint density at radius 3 is 2.52 bits per heavy atom. The van der Waals surface area contributed by atoms with Crippen molar-refractivity contribution in [3.8, 4) is 0 Å². The second-order valence-corrected chi connectivity index (χ2v) is 6.67. The molecule has 0 spiro atoms. The zero-order chi connectivity index (χ0) is 15.9. The van der Waals surface area contributed by atoms with Crippen molar-refractivity contribution in [2.24, 2.45) is 5.92 Å². The van der Waals surface area contributed by atoms with Gasteiger partial charge in [-0.15, -0.1) is 0 Å². The van der Waals surface area contributed by atoms with E-state index >= 15 is 0 Å². The smallest absolute Gasteiger partial charge is 0.407 e. The molecule has 0 saturated carbocycles. The van der Waals surface area contributed by atoms with Crippen LogP contribution >= 0.6 is 0 Å². The number of alkyl carbamates (subject to hydrolysis) is 1. The molecule has 1 saturated heterocycles. The lowest BCUT2D eigenvalue weighted by molar-refractivity contribution is 0.0309. The normalized spacial score (nSPS) is 19.9. The van der Waals surface area contributed by atoms with E-state index in [0.717, 1.165) is 32.5 Å². The lowest BCUT2D eigenvalue weighted by atomic mass is 9.90. The van der Waals surface area contributed by atoms with Crippen LogP contribution in [-0.2, 0) is 9.47 Å². The van der Waals surface area contributed by atoms with E-state index in [0.29, 0.717) is 12.5 Å². The van der Waals surface area contributed by atoms with Crippen molar-refractivity contribution in [3.63, 3.8) is 0 Å². The number of hydrogen-bond donors (Lipinski definition) is 3. The van der Waals surface area contributed by atoms with Gasteiger partial charge in [-0.05, 0) is 53.0 Å². The first kappa shape index (κ1) is 18.2. The van der Waals surface area contributed by atoms with Gasteiger partial charge < -0.3 is 25.2 Å². The van der Waals surface area contributed by atoms with Crippen LogP contribution < -0.4 is 10.6 Å². The largest absolute Gasteiger partial charge is 0.444 e. The highest BCUT2D eigenvalue weighted by Gasteiger charge is 2.27. The fraction of sp³-hybridized carbons (Fsp3) is 0.933. The summed E-state index contributed by atoms with van der Waals surface area (Å²) in [7, 11) is 1.78. The van der Waals surface area contributed by atoms with Crippen molar-refractivity contribution in [2.75, 3.05) is 26.8 Å². The van der Waals surface area contributed by atoms with Crippen molar-refractivity contribution in [1.29, 1.82) is 0 Å². The van der Waals surface area contributed by atoms with Crippen molar-refractivity contribution in [1.82, 2.24) is 10.6 Å². The molecule has 0 aromatic heterocycles. The Kier molecular flexibility index (Phi) is 7.42. The number of carbonyl (C=O) groups is 1. The van der Waals surface area contributed by atoms with Crippen LogP contribution in [0.1, 0.15) is 40.0 Å². The van der Waals surface area contributed by atoms with Gasteiger partial charge in [0.05, 0.1) is 12.1 Å². The summed E-state index contributed by atoms with van der Waals surface area (Å²) < 4.78 is 10.6. The summed E-state index contributed by atoms with van der Waals surface area (Å²) in [6.07, 6.45) is 1.57. The second-order valence-electron chi connectivity index (χ2n) is 6.67. The van der Waals surface area contributed by atoms with Gasteiger partial charge in [0.15, 0.2) is 0 Å². The number of aliphatic hydroxyl groups excluding tert-OH is 1. The van der Waals surface area contributed by atoms with Crippen LogP contribution in [0.3, 0.4) is 0 Å². The standard InChI is InChI=1S/C15H30N2O4/c1-15(2,3)21-14(19)17-12(13(18)10-16-4)9-11-5-7-20-8-6-11/h11-13,16,18H,5-10H2,1-4H3,(H,17,19)/t12-,13+/m0/s1. The Bertz CT molecular complexity index is 311. The Balaban J connectivity index is 2.56. The maximum Gasteiger partial charge on any atom is 0.407 e. The lowest BCUT2D eigenvalue weighted by Gasteiger charge is -2.31. The Labute approximate surface area is 127 Å². The molecule has 1 rings (SSSR count). The SMILES string of the molecule is CNC[C@@H](O)[C@H](CC1CCOCC1)NC(=O)OC(C)(C)C. The lowest BCUT2D eigenvalue weighted by Crippen LogP contribution is -2.49. The molecule has 124 valence electrons. The van der Waals surface area contributed by atoms with Gasteiger partial charge in [0.1, 0.15) is 5.60 Å². The average Bonchev–Trinajstić information content (AvgIpc) is 2.37. The molecule has 0 bridgehead atoms. The van der Waals surface area contributed by atoms with Crippen LogP contribution in [0.5, 0.6) is 0 Å². The molecule has 0 aliphatic carbocycles. The van der Waals surface area contributed by atoms with Crippen molar-refractivity contribution in [3.05, 3.63) is 0 Å². The quantitative estimate of drug-likeness (QED) is 0.689. The van der Waals surface area contributed by atoms with Crippen LogP contribution in [0.25, 0.3) is 0 Å². The summed E-state index contributed by atoms with van der Waals surface area (Å²) in [6.45, 7) is 7.42. The molecule has 0 unspecified atom stereocenters. The van der Waals surface area contributed by atoms with E-state index in [-0.39, 0.29) is 6.04 Å². The zero-order valence-corrected chi connectivity index (χ0v) is 13.6. The second kappa shape index (κ2) is 8.56. The Morgan fingerprint density at radius 2 is 2.00 bits per heavy atom. The molecule has 6 heteroatoms. The number of carbonyl (C=O) groups excluding carboxylic acids is 1. The van der Waals surface area contributed by atoms with Gasteiger partial charge in [-0.1, -0.05) is 0 Å². The third-order valence-electron chi connectivity index (χ3n) is 3.51. The maximum atomic E-state index is 11.9.